The second-order valence-electron chi connectivity index (χ2n) is 10.9. The summed E-state index contributed by atoms with van der Waals surface area (Å²) in [5.74, 6) is -4.28. The zero-order valence-corrected chi connectivity index (χ0v) is 22.3. The monoisotopic (exact) mass is 567 g/mol. The number of alkyl halides is 2. The van der Waals surface area contributed by atoms with Gasteiger partial charge in [-0.05, 0) is 61.1 Å². The number of hydrogen-bond acceptors (Lipinski definition) is 6. The van der Waals surface area contributed by atoms with Crippen LogP contribution in [0.1, 0.15) is 49.1 Å². The van der Waals surface area contributed by atoms with Crippen LogP contribution in [0.4, 0.5) is 8.78 Å². The van der Waals surface area contributed by atoms with Gasteiger partial charge in [0, 0.05) is 23.1 Å². The number of carbonyl (C=O) groups excluding carboxylic acids is 2. The predicted octanol–water partition coefficient (Wildman–Crippen LogP) is 4.46. The summed E-state index contributed by atoms with van der Waals surface area (Å²) in [5.41, 5.74) is -0.418. The van der Waals surface area contributed by atoms with Crippen molar-refractivity contribution in [2.75, 3.05) is 13.2 Å². The fraction of sp³-hybridized carbons (Fsp3) is 0.414. The lowest BCUT2D eigenvalue weighted by Crippen LogP contribution is -2.62. The molecule has 0 bridgehead atoms. The lowest BCUT2D eigenvalue weighted by molar-refractivity contribution is -0.133. The summed E-state index contributed by atoms with van der Waals surface area (Å²) >= 11 is 0. The first-order chi connectivity index (χ1) is 19.1. The number of rotatable bonds is 7. The molecule has 208 valence electrons. The Morgan fingerprint density at radius 1 is 0.925 bits per heavy atom. The Labute approximate surface area is 231 Å². The Kier molecular flexibility index (Phi) is 6.50. The lowest BCUT2D eigenvalue weighted by Gasteiger charge is -2.39. The number of benzene rings is 2. The van der Waals surface area contributed by atoms with Gasteiger partial charge in [-0.3, -0.25) is 13.8 Å². The molecule has 0 radical (unpaired) electrons. The third-order valence-electron chi connectivity index (χ3n) is 8.01. The summed E-state index contributed by atoms with van der Waals surface area (Å²) in [5, 5.41) is 15.4. The summed E-state index contributed by atoms with van der Waals surface area (Å²) in [6.45, 7) is 0.997. The fourth-order valence-corrected chi connectivity index (χ4v) is 6.32. The maximum absolute atomic E-state index is 14.0. The SMILES string of the molecule is N#CC1(NC(=O)C2(NC(=O)c3cc4ccc(-c5ccc(S(=O)C6COC6)cc5)cc4o3)CCC(F)(F)CC2)CC1. The topological polar surface area (TPSA) is 121 Å². The van der Waals surface area contributed by atoms with E-state index in [-0.39, 0.29) is 23.9 Å². The molecule has 1 atom stereocenters. The molecular formula is C29H27F2N3O5S. The molecule has 1 aliphatic heterocycles. The molecule has 6 rings (SSSR count). The minimum atomic E-state index is -2.92. The van der Waals surface area contributed by atoms with E-state index in [4.69, 9.17) is 9.15 Å². The molecule has 1 aromatic heterocycles. The molecule has 2 aliphatic carbocycles. The zero-order valence-electron chi connectivity index (χ0n) is 21.5. The van der Waals surface area contributed by atoms with Crippen molar-refractivity contribution in [2.24, 2.45) is 0 Å². The van der Waals surface area contributed by atoms with E-state index in [1.807, 2.05) is 30.3 Å². The molecule has 2 amide bonds. The maximum atomic E-state index is 14.0. The minimum absolute atomic E-state index is 0.0198. The van der Waals surface area contributed by atoms with Crippen LogP contribution in [-0.4, -0.2) is 51.5 Å². The molecule has 8 nitrogen and oxygen atoms in total. The summed E-state index contributed by atoms with van der Waals surface area (Å²) in [6, 6.07) is 16.5. The van der Waals surface area contributed by atoms with Crippen molar-refractivity contribution in [3.05, 3.63) is 54.3 Å². The van der Waals surface area contributed by atoms with Gasteiger partial charge in [-0.2, -0.15) is 5.26 Å². The maximum Gasteiger partial charge on any atom is 0.287 e. The van der Waals surface area contributed by atoms with Gasteiger partial charge in [-0.1, -0.05) is 24.3 Å². The largest absolute Gasteiger partial charge is 0.451 e. The molecule has 2 saturated carbocycles. The van der Waals surface area contributed by atoms with Crippen LogP contribution >= 0.6 is 0 Å². The zero-order chi connectivity index (χ0) is 28.1. The summed E-state index contributed by atoms with van der Waals surface area (Å²) in [7, 11) is -1.12. The van der Waals surface area contributed by atoms with Gasteiger partial charge < -0.3 is 19.8 Å². The Morgan fingerprint density at radius 3 is 2.20 bits per heavy atom. The number of carbonyl (C=O) groups is 2. The molecule has 2 aromatic carbocycles. The Bertz CT molecular complexity index is 1540. The van der Waals surface area contributed by atoms with Gasteiger partial charge in [0.2, 0.25) is 11.8 Å². The second-order valence-corrected chi connectivity index (χ2v) is 12.6. The van der Waals surface area contributed by atoms with E-state index in [2.05, 4.69) is 16.7 Å². The van der Waals surface area contributed by atoms with Crippen LogP contribution in [0.15, 0.2) is 57.8 Å². The first-order valence-corrected chi connectivity index (χ1v) is 14.4. The van der Waals surface area contributed by atoms with Crippen LogP contribution in [0.5, 0.6) is 0 Å². The molecule has 11 heteroatoms. The fourth-order valence-electron chi connectivity index (χ4n) is 5.09. The van der Waals surface area contributed by atoms with E-state index < -0.39 is 52.5 Å². The average molecular weight is 568 g/mol. The van der Waals surface area contributed by atoms with Gasteiger partial charge in [0.1, 0.15) is 16.7 Å². The minimum Gasteiger partial charge on any atom is -0.451 e. The number of furan rings is 1. The molecule has 1 saturated heterocycles. The number of nitrogens with zero attached hydrogens (tertiary/aromatic N) is 1. The van der Waals surface area contributed by atoms with Gasteiger partial charge in [-0.15, -0.1) is 0 Å². The van der Waals surface area contributed by atoms with Crippen LogP contribution in [0.25, 0.3) is 22.1 Å². The van der Waals surface area contributed by atoms with Gasteiger partial charge in [-0.25, -0.2) is 8.78 Å². The molecule has 1 unspecified atom stereocenters. The molecule has 3 fully saturated rings. The quantitative estimate of drug-likeness (QED) is 0.435. The normalized spacial score (nSPS) is 21.5. The smallest absolute Gasteiger partial charge is 0.287 e. The molecule has 3 aromatic rings. The highest BCUT2D eigenvalue weighted by atomic mass is 32.2. The summed E-state index contributed by atoms with van der Waals surface area (Å²) in [6.07, 6.45) is -0.639. The molecule has 2 heterocycles. The highest BCUT2D eigenvalue weighted by Gasteiger charge is 2.53. The lowest BCUT2D eigenvalue weighted by atomic mass is 9.78. The van der Waals surface area contributed by atoms with Gasteiger partial charge in [0.15, 0.2) is 5.76 Å². The number of nitriles is 1. The van der Waals surface area contributed by atoms with Crippen molar-refractivity contribution >= 4 is 33.6 Å². The average Bonchev–Trinajstić information content (AvgIpc) is 3.55. The standard InChI is InChI=1S/C29H27F2N3O5S/c30-29(31)11-9-28(10-12-29,26(36)34-27(17-32)7-8-27)33-25(35)24-14-20-2-1-19(13-23(20)39-24)18-3-5-21(6-4-18)40(37)22-15-38-16-22/h1-6,13-14,22H,7-12,15-16H2,(H,33,35)(H,34,36). The van der Waals surface area contributed by atoms with E-state index >= 15 is 0 Å². The molecule has 2 N–H and O–H groups in total. The number of amides is 2. The van der Waals surface area contributed by atoms with Crippen LogP contribution in [0.2, 0.25) is 0 Å². The van der Waals surface area contributed by atoms with E-state index in [0.717, 1.165) is 16.0 Å². The number of hydrogen-bond donors (Lipinski definition) is 2. The van der Waals surface area contributed by atoms with Crippen LogP contribution < -0.4 is 10.6 Å². The Morgan fingerprint density at radius 2 is 1.60 bits per heavy atom. The summed E-state index contributed by atoms with van der Waals surface area (Å²) in [4.78, 5) is 27.2. The van der Waals surface area contributed by atoms with E-state index in [1.54, 1.807) is 18.2 Å². The van der Waals surface area contributed by atoms with Crippen molar-refractivity contribution in [1.29, 1.82) is 5.26 Å². The predicted molar refractivity (Wildman–Crippen MR) is 142 cm³/mol. The van der Waals surface area contributed by atoms with Crippen LogP contribution in [0.3, 0.4) is 0 Å². The molecule has 0 spiro atoms. The van der Waals surface area contributed by atoms with Crippen molar-refractivity contribution in [3.8, 4) is 17.2 Å². The second kappa shape index (κ2) is 9.78. The van der Waals surface area contributed by atoms with Crippen molar-refractivity contribution in [1.82, 2.24) is 10.6 Å². The van der Waals surface area contributed by atoms with Gasteiger partial charge in [0.25, 0.3) is 5.91 Å². The number of ether oxygens (including phenoxy) is 1. The highest BCUT2D eigenvalue weighted by Crippen LogP contribution is 2.41. The number of nitrogens with one attached hydrogen (secondary N) is 2. The number of halogens is 2. The third-order valence-corrected chi connectivity index (χ3v) is 9.63. The third kappa shape index (κ3) is 5.02. The first-order valence-electron chi connectivity index (χ1n) is 13.2. The van der Waals surface area contributed by atoms with Gasteiger partial charge in [0.05, 0.1) is 35.3 Å². The molecule has 40 heavy (non-hydrogen) atoms. The van der Waals surface area contributed by atoms with Crippen LogP contribution in [-0.2, 0) is 20.3 Å². The van der Waals surface area contributed by atoms with Crippen LogP contribution in [0, 0.1) is 11.3 Å². The van der Waals surface area contributed by atoms with E-state index in [0.29, 0.717) is 37.0 Å². The molecule has 3 aliphatic rings. The summed E-state index contributed by atoms with van der Waals surface area (Å²) < 4.78 is 51.5. The Balaban J connectivity index is 1.21. The van der Waals surface area contributed by atoms with Crippen molar-refractivity contribution < 1.29 is 31.7 Å². The highest BCUT2D eigenvalue weighted by molar-refractivity contribution is 7.85. The van der Waals surface area contributed by atoms with E-state index in [1.165, 1.54) is 0 Å². The van der Waals surface area contributed by atoms with Gasteiger partial charge >= 0.3 is 0 Å². The Hall–Kier alpha value is -3.62. The van der Waals surface area contributed by atoms with E-state index in [9.17, 15) is 27.8 Å². The van der Waals surface area contributed by atoms with Crippen molar-refractivity contribution in [3.63, 3.8) is 0 Å². The first kappa shape index (κ1) is 26.6. The number of fused-ring (bicyclic) bond motifs is 1. The van der Waals surface area contributed by atoms with Crippen molar-refractivity contribution in [2.45, 2.75) is 65.7 Å². The molecular weight excluding hydrogens is 540 g/mol.